The lowest BCUT2D eigenvalue weighted by atomic mass is 9.73. The SMILES string of the molecule is CCC1CCCC(CN)(N(C)C(C)c2ccc(Cl)cc2)C1. The van der Waals surface area contributed by atoms with Crippen LogP contribution in [0.3, 0.4) is 0 Å². The van der Waals surface area contributed by atoms with Gasteiger partial charge in [0.2, 0.25) is 0 Å². The molecule has 0 aromatic heterocycles. The van der Waals surface area contributed by atoms with Gasteiger partial charge in [-0.05, 0) is 50.4 Å². The second-order valence-electron chi connectivity index (χ2n) is 6.64. The third kappa shape index (κ3) is 3.61. The Labute approximate surface area is 134 Å². The molecule has 0 heterocycles. The van der Waals surface area contributed by atoms with Gasteiger partial charge in [0.15, 0.2) is 0 Å². The van der Waals surface area contributed by atoms with Crippen LogP contribution in [-0.4, -0.2) is 24.0 Å². The molecule has 2 rings (SSSR count). The summed E-state index contributed by atoms with van der Waals surface area (Å²) in [6, 6.07) is 8.58. The molecule has 1 aromatic rings. The lowest BCUT2D eigenvalue weighted by molar-refractivity contribution is 0.0278. The lowest BCUT2D eigenvalue weighted by Crippen LogP contribution is -2.55. The summed E-state index contributed by atoms with van der Waals surface area (Å²) in [5.74, 6) is 0.821. The van der Waals surface area contributed by atoms with E-state index in [1.165, 1.54) is 37.7 Å². The van der Waals surface area contributed by atoms with Gasteiger partial charge in [0, 0.05) is 23.1 Å². The molecule has 118 valence electrons. The van der Waals surface area contributed by atoms with E-state index < -0.39 is 0 Å². The number of benzene rings is 1. The van der Waals surface area contributed by atoms with Crippen molar-refractivity contribution < 1.29 is 0 Å². The molecule has 0 radical (unpaired) electrons. The van der Waals surface area contributed by atoms with E-state index in [-0.39, 0.29) is 5.54 Å². The van der Waals surface area contributed by atoms with Crippen LogP contribution in [0.2, 0.25) is 5.02 Å². The van der Waals surface area contributed by atoms with Crippen LogP contribution in [0.25, 0.3) is 0 Å². The van der Waals surface area contributed by atoms with Crippen molar-refractivity contribution in [3.63, 3.8) is 0 Å². The standard InChI is InChI=1S/C18H29ClN2/c1-4-15-6-5-11-18(12-15,13-20)21(3)14(2)16-7-9-17(19)10-8-16/h7-10,14-15H,4-6,11-13,20H2,1-3H3. The van der Waals surface area contributed by atoms with Gasteiger partial charge in [-0.3, -0.25) is 4.90 Å². The summed E-state index contributed by atoms with van der Waals surface area (Å²) in [6.07, 6.45) is 6.38. The Morgan fingerprint density at radius 3 is 2.62 bits per heavy atom. The smallest absolute Gasteiger partial charge is 0.0406 e. The third-order valence-electron chi connectivity index (χ3n) is 5.56. The zero-order chi connectivity index (χ0) is 15.5. The zero-order valence-corrected chi connectivity index (χ0v) is 14.4. The summed E-state index contributed by atoms with van der Waals surface area (Å²) in [6.45, 7) is 5.33. The fraction of sp³-hybridized carbons (Fsp3) is 0.667. The van der Waals surface area contributed by atoms with Gasteiger partial charge in [0.05, 0.1) is 0 Å². The first-order valence-corrected chi connectivity index (χ1v) is 8.58. The number of nitrogens with zero attached hydrogens (tertiary/aromatic N) is 1. The summed E-state index contributed by atoms with van der Waals surface area (Å²) in [5, 5.41) is 0.797. The Morgan fingerprint density at radius 1 is 1.38 bits per heavy atom. The van der Waals surface area contributed by atoms with E-state index in [1.807, 2.05) is 12.1 Å². The molecule has 2 nitrogen and oxygen atoms in total. The number of halogens is 1. The van der Waals surface area contributed by atoms with Gasteiger partial charge in [-0.2, -0.15) is 0 Å². The van der Waals surface area contributed by atoms with Crippen LogP contribution >= 0.6 is 11.6 Å². The molecule has 3 heteroatoms. The minimum absolute atomic E-state index is 0.151. The van der Waals surface area contributed by atoms with Crippen LogP contribution in [0.5, 0.6) is 0 Å². The monoisotopic (exact) mass is 308 g/mol. The molecule has 1 aromatic carbocycles. The first kappa shape index (κ1) is 16.8. The van der Waals surface area contributed by atoms with Gasteiger partial charge in [0.25, 0.3) is 0 Å². The Morgan fingerprint density at radius 2 is 2.05 bits per heavy atom. The van der Waals surface area contributed by atoms with E-state index in [1.54, 1.807) is 0 Å². The number of hydrogen-bond acceptors (Lipinski definition) is 2. The van der Waals surface area contributed by atoms with Crippen molar-refractivity contribution in [1.82, 2.24) is 4.90 Å². The molecule has 1 saturated carbocycles. The maximum absolute atomic E-state index is 6.23. The van der Waals surface area contributed by atoms with Crippen molar-refractivity contribution in [3.05, 3.63) is 34.9 Å². The average molecular weight is 309 g/mol. The molecule has 3 unspecified atom stereocenters. The van der Waals surface area contributed by atoms with E-state index >= 15 is 0 Å². The summed E-state index contributed by atoms with van der Waals surface area (Å²) in [5.41, 5.74) is 7.70. The highest BCUT2D eigenvalue weighted by Crippen LogP contribution is 2.40. The van der Waals surface area contributed by atoms with Crippen LogP contribution in [0.1, 0.15) is 57.6 Å². The van der Waals surface area contributed by atoms with Gasteiger partial charge < -0.3 is 5.73 Å². The Hall–Kier alpha value is -0.570. The predicted octanol–water partition coefficient (Wildman–Crippen LogP) is 4.63. The maximum atomic E-state index is 6.23. The Kier molecular flexibility index (Phi) is 5.70. The Balaban J connectivity index is 2.18. The van der Waals surface area contributed by atoms with Gasteiger partial charge in [-0.1, -0.05) is 49.9 Å². The largest absolute Gasteiger partial charge is 0.329 e. The first-order chi connectivity index (χ1) is 10.0. The molecule has 0 saturated heterocycles. The van der Waals surface area contributed by atoms with E-state index in [0.717, 1.165) is 17.5 Å². The molecule has 2 N–H and O–H groups in total. The fourth-order valence-electron chi connectivity index (χ4n) is 3.84. The second kappa shape index (κ2) is 7.13. The molecule has 21 heavy (non-hydrogen) atoms. The summed E-state index contributed by atoms with van der Waals surface area (Å²) in [7, 11) is 2.24. The van der Waals surface area contributed by atoms with Gasteiger partial charge in [-0.25, -0.2) is 0 Å². The van der Waals surface area contributed by atoms with Crippen molar-refractivity contribution in [3.8, 4) is 0 Å². The van der Waals surface area contributed by atoms with Gasteiger partial charge in [-0.15, -0.1) is 0 Å². The fourth-order valence-corrected chi connectivity index (χ4v) is 3.96. The highest BCUT2D eigenvalue weighted by molar-refractivity contribution is 6.30. The van der Waals surface area contributed by atoms with E-state index in [4.69, 9.17) is 17.3 Å². The summed E-state index contributed by atoms with van der Waals surface area (Å²) < 4.78 is 0. The van der Waals surface area contributed by atoms with Crippen molar-refractivity contribution in [2.24, 2.45) is 11.7 Å². The second-order valence-corrected chi connectivity index (χ2v) is 7.07. The number of nitrogens with two attached hydrogens (primary N) is 1. The number of likely N-dealkylation sites (N-methyl/N-ethyl adjacent to an activating group) is 1. The minimum atomic E-state index is 0.151. The quantitative estimate of drug-likeness (QED) is 0.859. The molecular weight excluding hydrogens is 280 g/mol. The van der Waals surface area contributed by atoms with Crippen molar-refractivity contribution in [2.75, 3.05) is 13.6 Å². The first-order valence-electron chi connectivity index (χ1n) is 8.21. The molecule has 3 atom stereocenters. The molecule has 1 aliphatic rings. The molecule has 0 aliphatic heterocycles. The molecule has 0 spiro atoms. The topological polar surface area (TPSA) is 29.3 Å². The highest BCUT2D eigenvalue weighted by Gasteiger charge is 2.40. The van der Waals surface area contributed by atoms with Crippen LogP contribution in [0.15, 0.2) is 24.3 Å². The number of rotatable bonds is 5. The molecule has 1 fully saturated rings. The Bertz CT molecular complexity index is 445. The van der Waals surface area contributed by atoms with Crippen molar-refractivity contribution >= 4 is 11.6 Å². The molecule has 0 bridgehead atoms. The van der Waals surface area contributed by atoms with Crippen LogP contribution < -0.4 is 5.73 Å². The predicted molar refractivity (Wildman–Crippen MR) is 91.7 cm³/mol. The van der Waals surface area contributed by atoms with E-state index in [0.29, 0.717) is 6.04 Å². The summed E-state index contributed by atoms with van der Waals surface area (Å²) >= 11 is 6.00. The normalized spacial score (nSPS) is 27.8. The zero-order valence-electron chi connectivity index (χ0n) is 13.6. The average Bonchev–Trinajstić information content (AvgIpc) is 2.54. The van der Waals surface area contributed by atoms with Gasteiger partial charge >= 0.3 is 0 Å². The lowest BCUT2D eigenvalue weighted by Gasteiger charge is -2.49. The molecule has 0 amide bonds. The van der Waals surface area contributed by atoms with E-state index in [9.17, 15) is 0 Å². The molecule has 1 aliphatic carbocycles. The van der Waals surface area contributed by atoms with E-state index in [2.05, 4.69) is 37.9 Å². The number of hydrogen-bond donors (Lipinski definition) is 1. The van der Waals surface area contributed by atoms with Crippen molar-refractivity contribution in [2.45, 2.75) is 57.5 Å². The van der Waals surface area contributed by atoms with Gasteiger partial charge in [0.1, 0.15) is 0 Å². The van der Waals surface area contributed by atoms with Crippen LogP contribution in [0, 0.1) is 5.92 Å². The summed E-state index contributed by atoms with van der Waals surface area (Å²) in [4.78, 5) is 2.51. The maximum Gasteiger partial charge on any atom is 0.0406 e. The van der Waals surface area contributed by atoms with Crippen LogP contribution in [0.4, 0.5) is 0 Å². The third-order valence-corrected chi connectivity index (χ3v) is 5.81. The minimum Gasteiger partial charge on any atom is -0.329 e. The highest BCUT2D eigenvalue weighted by atomic mass is 35.5. The molecular formula is C18H29ClN2. The van der Waals surface area contributed by atoms with Crippen LogP contribution in [-0.2, 0) is 0 Å². The van der Waals surface area contributed by atoms with Crippen molar-refractivity contribution in [1.29, 1.82) is 0 Å².